The summed E-state index contributed by atoms with van der Waals surface area (Å²) >= 11 is 0. The zero-order valence-corrected chi connectivity index (χ0v) is 17.1. The summed E-state index contributed by atoms with van der Waals surface area (Å²) in [7, 11) is 0. The van der Waals surface area contributed by atoms with E-state index in [1.54, 1.807) is 0 Å². The second kappa shape index (κ2) is 7.12. The Morgan fingerprint density at radius 2 is 1.19 bits per heavy atom. The van der Waals surface area contributed by atoms with Gasteiger partial charge in [-0.2, -0.15) is 0 Å². The first kappa shape index (κ1) is 17.9. The van der Waals surface area contributed by atoms with Crippen LogP contribution in [0.2, 0.25) is 0 Å². The molecule has 31 heavy (non-hydrogen) atoms. The van der Waals surface area contributed by atoms with Gasteiger partial charge in [0, 0.05) is 23.3 Å². The molecule has 0 aromatic heterocycles. The monoisotopic (exact) mass is 398 g/mol. The minimum absolute atomic E-state index is 0.523. The van der Waals surface area contributed by atoms with Gasteiger partial charge in [-0.1, -0.05) is 78.9 Å². The number of para-hydroxylation sites is 1. The molecule has 0 aliphatic rings. The van der Waals surface area contributed by atoms with E-state index in [-0.39, 0.29) is 0 Å². The molecule has 2 nitrogen and oxygen atoms in total. The number of benzene rings is 6. The molecule has 0 aliphatic carbocycles. The number of rotatable bonds is 4. The fourth-order valence-corrected chi connectivity index (χ4v) is 4.74. The normalized spacial score (nSPS) is 11.5. The van der Waals surface area contributed by atoms with Gasteiger partial charge in [-0.05, 0) is 62.8 Å². The summed E-state index contributed by atoms with van der Waals surface area (Å²) < 4.78 is 0. The number of anilines is 3. The van der Waals surface area contributed by atoms with Crippen molar-refractivity contribution >= 4 is 49.4 Å². The molecule has 2 N–H and O–H groups in total. The summed E-state index contributed by atoms with van der Waals surface area (Å²) in [5.74, 6) is 0. The van der Waals surface area contributed by atoms with Crippen molar-refractivity contribution in [3.63, 3.8) is 0 Å². The molecule has 6 aromatic carbocycles. The van der Waals surface area contributed by atoms with Gasteiger partial charge < -0.3 is 10.6 Å². The van der Waals surface area contributed by atoms with Crippen molar-refractivity contribution in [3.05, 3.63) is 115 Å². The van der Waals surface area contributed by atoms with E-state index in [9.17, 15) is 0 Å². The molecular weight excluding hydrogens is 376 g/mol. The highest BCUT2D eigenvalue weighted by Crippen LogP contribution is 2.43. The average molecular weight is 399 g/mol. The summed E-state index contributed by atoms with van der Waals surface area (Å²) in [4.78, 5) is 2.34. The number of nitrogens with two attached hydrogens (primary N) is 1. The Morgan fingerprint density at radius 3 is 1.97 bits per heavy atom. The van der Waals surface area contributed by atoms with Crippen molar-refractivity contribution in [2.45, 2.75) is 6.54 Å². The van der Waals surface area contributed by atoms with E-state index in [0.717, 1.165) is 16.9 Å². The Hall–Kier alpha value is -3.88. The predicted octanol–water partition coefficient (Wildman–Crippen LogP) is 7.51. The van der Waals surface area contributed by atoms with E-state index in [1.807, 2.05) is 0 Å². The van der Waals surface area contributed by atoms with Gasteiger partial charge >= 0.3 is 0 Å². The average Bonchev–Trinajstić information content (AvgIpc) is 2.84. The number of hydrogen-bond acceptors (Lipinski definition) is 2. The fourth-order valence-electron chi connectivity index (χ4n) is 4.74. The van der Waals surface area contributed by atoms with E-state index in [2.05, 4.69) is 114 Å². The Kier molecular flexibility index (Phi) is 4.12. The molecule has 0 heterocycles. The first-order valence-electron chi connectivity index (χ1n) is 10.6. The lowest BCUT2D eigenvalue weighted by molar-refractivity contribution is 1.07. The van der Waals surface area contributed by atoms with Crippen LogP contribution in [-0.2, 0) is 6.54 Å². The summed E-state index contributed by atoms with van der Waals surface area (Å²) in [6.07, 6.45) is 0. The highest BCUT2D eigenvalue weighted by molar-refractivity contribution is 6.25. The van der Waals surface area contributed by atoms with Gasteiger partial charge in [0.2, 0.25) is 0 Å². The van der Waals surface area contributed by atoms with Gasteiger partial charge in [0.1, 0.15) is 0 Å². The number of nitrogens with zero attached hydrogens (tertiary/aromatic N) is 1. The third-order valence-electron chi connectivity index (χ3n) is 6.17. The second-order valence-electron chi connectivity index (χ2n) is 7.99. The Labute approximate surface area is 181 Å². The van der Waals surface area contributed by atoms with Crippen LogP contribution in [0.15, 0.2) is 109 Å². The Balaban J connectivity index is 1.70. The molecule has 0 spiro atoms. The van der Waals surface area contributed by atoms with E-state index in [1.165, 1.54) is 38.0 Å². The molecule has 0 aliphatic heterocycles. The van der Waals surface area contributed by atoms with Crippen LogP contribution in [0.4, 0.5) is 17.1 Å². The van der Waals surface area contributed by atoms with E-state index in [4.69, 9.17) is 5.73 Å². The molecular formula is C29H22N2. The van der Waals surface area contributed by atoms with Gasteiger partial charge in [-0.15, -0.1) is 0 Å². The van der Waals surface area contributed by atoms with E-state index in [0.29, 0.717) is 6.54 Å². The van der Waals surface area contributed by atoms with Crippen LogP contribution in [0.1, 0.15) is 5.56 Å². The largest absolute Gasteiger partial charge is 0.326 e. The van der Waals surface area contributed by atoms with Gasteiger partial charge in [0.15, 0.2) is 0 Å². The second-order valence-corrected chi connectivity index (χ2v) is 7.99. The van der Waals surface area contributed by atoms with Crippen LogP contribution < -0.4 is 10.6 Å². The molecule has 0 saturated carbocycles. The van der Waals surface area contributed by atoms with Crippen LogP contribution in [0.3, 0.4) is 0 Å². The minimum Gasteiger partial charge on any atom is -0.326 e. The number of hydrogen-bond donors (Lipinski definition) is 1. The molecule has 0 unspecified atom stereocenters. The maximum Gasteiger partial charge on any atom is 0.0540 e. The first-order valence-corrected chi connectivity index (χ1v) is 10.6. The van der Waals surface area contributed by atoms with Crippen molar-refractivity contribution in [3.8, 4) is 0 Å². The van der Waals surface area contributed by atoms with Crippen molar-refractivity contribution in [2.24, 2.45) is 5.73 Å². The van der Waals surface area contributed by atoms with Gasteiger partial charge in [-0.3, -0.25) is 0 Å². The molecule has 0 fully saturated rings. The first-order chi connectivity index (χ1) is 15.3. The summed E-state index contributed by atoms with van der Waals surface area (Å²) in [5.41, 5.74) is 10.5. The maximum absolute atomic E-state index is 5.97. The molecule has 6 rings (SSSR count). The molecule has 0 bridgehead atoms. The van der Waals surface area contributed by atoms with Crippen molar-refractivity contribution in [1.29, 1.82) is 0 Å². The summed E-state index contributed by atoms with van der Waals surface area (Å²) in [6.45, 7) is 0.523. The molecule has 0 radical (unpaired) electrons. The minimum atomic E-state index is 0.523. The predicted molar refractivity (Wildman–Crippen MR) is 133 cm³/mol. The maximum atomic E-state index is 5.97. The van der Waals surface area contributed by atoms with Crippen LogP contribution in [0, 0.1) is 0 Å². The lowest BCUT2D eigenvalue weighted by Gasteiger charge is -2.28. The van der Waals surface area contributed by atoms with Gasteiger partial charge in [-0.25, -0.2) is 0 Å². The zero-order valence-electron chi connectivity index (χ0n) is 17.1. The standard InChI is InChI=1S/C29H22N2/c30-19-20-6-4-11-25(18-20)31(24-9-2-1-3-10-24)27-17-15-23-13-12-21-7-5-8-22-14-16-26(27)29(23)28(21)22/h1-18H,19,30H2. The molecule has 0 saturated heterocycles. The van der Waals surface area contributed by atoms with E-state index < -0.39 is 0 Å². The Bertz CT molecular complexity index is 1500. The van der Waals surface area contributed by atoms with Crippen molar-refractivity contribution in [1.82, 2.24) is 0 Å². The fraction of sp³-hybridized carbons (Fsp3) is 0.0345. The zero-order chi connectivity index (χ0) is 20.8. The van der Waals surface area contributed by atoms with Gasteiger partial charge in [0.05, 0.1) is 5.69 Å². The SMILES string of the molecule is NCc1cccc(N(c2ccccc2)c2ccc3ccc4cccc5ccc2c3c45)c1. The molecule has 148 valence electrons. The van der Waals surface area contributed by atoms with Gasteiger partial charge in [0.25, 0.3) is 0 Å². The molecule has 0 atom stereocenters. The summed E-state index contributed by atoms with van der Waals surface area (Å²) in [5, 5.41) is 7.75. The Morgan fingerprint density at radius 1 is 0.548 bits per heavy atom. The van der Waals surface area contributed by atoms with Crippen LogP contribution >= 0.6 is 0 Å². The molecule has 6 aromatic rings. The quantitative estimate of drug-likeness (QED) is 0.311. The highest BCUT2D eigenvalue weighted by Gasteiger charge is 2.18. The van der Waals surface area contributed by atoms with Crippen molar-refractivity contribution < 1.29 is 0 Å². The topological polar surface area (TPSA) is 29.3 Å². The van der Waals surface area contributed by atoms with Crippen LogP contribution in [0.25, 0.3) is 32.3 Å². The van der Waals surface area contributed by atoms with Crippen molar-refractivity contribution in [2.75, 3.05) is 4.90 Å². The van der Waals surface area contributed by atoms with E-state index >= 15 is 0 Å². The smallest absolute Gasteiger partial charge is 0.0540 e. The van der Waals surface area contributed by atoms with Crippen LogP contribution in [0.5, 0.6) is 0 Å². The summed E-state index contributed by atoms with van der Waals surface area (Å²) in [6, 6.07) is 39.1. The molecule has 0 amide bonds. The highest BCUT2D eigenvalue weighted by atomic mass is 15.1. The lowest BCUT2D eigenvalue weighted by Crippen LogP contribution is -2.11. The third kappa shape index (κ3) is 2.84. The third-order valence-corrected chi connectivity index (χ3v) is 6.17. The lowest BCUT2D eigenvalue weighted by atomic mass is 9.93. The molecule has 2 heteroatoms. The van der Waals surface area contributed by atoms with Crippen LogP contribution in [-0.4, -0.2) is 0 Å².